The number of nitrogens with one attached hydrogen (secondary N) is 2. The first-order valence-corrected chi connectivity index (χ1v) is 11.0. The molecule has 0 spiro atoms. The topological polar surface area (TPSA) is 101 Å². The number of hydrogen-bond acceptors (Lipinski definition) is 3. The van der Waals surface area contributed by atoms with Crippen LogP contribution in [0.4, 0.5) is 32.0 Å². The lowest BCUT2D eigenvalue weighted by Gasteiger charge is -2.27. The molecule has 0 saturated heterocycles. The first-order chi connectivity index (χ1) is 16.8. The molecular formula is C24H23F6N3O3. The van der Waals surface area contributed by atoms with Crippen molar-refractivity contribution in [3.63, 3.8) is 0 Å². The molecular weight excluding hydrogens is 492 g/mol. The largest absolute Gasteiger partial charge is 0.389 e. The molecule has 0 saturated carbocycles. The van der Waals surface area contributed by atoms with E-state index in [0.717, 1.165) is 0 Å². The Morgan fingerprint density at radius 1 is 0.861 bits per heavy atom. The van der Waals surface area contributed by atoms with Crippen LogP contribution in [0.1, 0.15) is 37.3 Å². The number of hydrogen-bond donors (Lipinski definition) is 3. The van der Waals surface area contributed by atoms with E-state index < -0.39 is 73.6 Å². The minimum Gasteiger partial charge on any atom is -0.369 e. The quantitative estimate of drug-likeness (QED) is 0.438. The van der Waals surface area contributed by atoms with E-state index in [1.54, 1.807) is 48.5 Å². The SMILES string of the molecule is NC(=O)[C@@H](CCC(F)(F)F)[C@@H](CCC(F)(F)F)C(=O)N[C@@H]1C(=O)Nc2ccccc2-c2ccccc21. The Morgan fingerprint density at radius 2 is 1.39 bits per heavy atom. The molecule has 1 aliphatic rings. The molecule has 2 aromatic carbocycles. The van der Waals surface area contributed by atoms with Gasteiger partial charge in [0.15, 0.2) is 0 Å². The van der Waals surface area contributed by atoms with E-state index in [9.17, 15) is 40.7 Å². The second-order valence-electron chi connectivity index (χ2n) is 8.49. The highest BCUT2D eigenvalue weighted by atomic mass is 19.4. The summed E-state index contributed by atoms with van der Waals surface area (Å²) in [6.45, 7) is 0. The summed E-state index contributed by atoms with van der Waals surface area (Å²) >= 11 is 0. The van der Waals surface area contributed by atoms with Gasteiger partial charge in [0, 0.05) is 35.9 Å². The first kappa shape index (κ1) is 27.0. The van der Waals surface area contributed by atoms with Crippen LogP contribution < -0.4 is 16.4 Å². The van der Waals surface area contributed by atoms with Gasteiger partial charge in [-0.1, -0.05) is 42.5 Å². The summed E-state index contributed by atoms with van der Waals surface area (Å²) < 4.78 is 77.2. The van der Waals surface area contributed by atoms with Crippen LogP contribution >= 0.6 is 0 Å². The summed E-state index contributed by atoms with van der Waals surface area (Å²) in [5.74, 6) is -6.88. The summed E-state index contributed by atoms with van der Waals surface area (Å²) in [5, 5.41) is 5.00. The molecule has 3 atom stereocenters. The molecule has 0 aliphatic carbocycles. The maximum atomic E-state index is 13.2. The molecule has 0 fully saturated rings. The highest BCUT2D eigenvalue weighted by Crippen LogP contribution is 2.38. The number of nitrogens with two attached hydrogens (primary N) is 1. The molecule has 6 nitrogen and oxygen atoms in total. The molecule has 2 aromatic rings. The molecule has 0 bridgehead atoms. The van der Waals surface area contributed by atoms with Gasteiger partial charge in [0.2, 0.25) is 11.8 Å². The number of carbonyl (C=O) groups excluding carboxylic acids is 3. The molecule has 12 heteroatoms. The third kappa shape index (κ3) is 6.76. The Kier molecular flexibility index (Phi) is 7.95. The average Bonchev–Trinajstić information content (AvgIpc) is 2.89. The zero-order chi connectivity index (χ0) is 26.7. The van der Waals surface area contributed by atoms with Gasteiger partial charge in [-0.05, 0) is 30.0 Å². The van der Waals surface area contributed by atoms with Gasteiger partial charge in [-0.25, -0.2) is 0 Å². The Balaban J connectivity index is 1.95. The van der Waals surface area contributed by atoms with Gasteiger partial charge in [-0.3, -0.25) is 14.4 Å². The van der Waals surface area contributed by atoms with Gasteiger partial charge < -0.3 is 16.4 Å². The summed E-state index contributed by atoms with van der Waals surface area (Å²) in [5.41, 5.74) is 7.17. The van der Waals surface area contributed by atoms with Crippen LogP contribution in [0.2, 0.25) is 0 Å². The summed E-state index contributed by atoms with van der Waals surface area (Å²) in [4.78, 5) is 38.2. The van der Waals surface area contributed by atoms with Crippen LogP contribution in [-0.2, 0) is 14.4 Å². The smallest absolute Gasteiger partial charge is 0.369 e. The molecule has 3 rings (SSSR count). The van der Waals surface area contributed by atoms with Gasteiger partial charge in [-0.2, -0.15) is 26.3 Å². The van der Waals surface area contributed by atoms with Crippen molar-refractivity contribution >= 4 is 23.4 Å². The number of rotatable bonds is 8. The van der Waals surface area contributed by atoms with Gasteiger partial charge in [0.25, 0.3) is 5.91 Å². The van der Waals surface area contributed by atoms with Crippen LogP contribution in [0.5, 0.6) is 0 Å². The standard InChI is InChI=1S/C24H23F6N3O3/c25-23(26,27)11-9-16(20(31)34)17(10-12-24(28,29)30)21(35)33-19-15-7-2-1-5-13(15)14-6-3-4-8-18(14)32-22(19)36/h1-8,16-17,19H,9-12H2,(H2,31,34)(H,32,36)(H,33,35)/t16-,17+,19-/m0/s1. The number of carbonyl (C=O) groups is 3. The zero-order valence-corrected chi connectivity index (χ0v) is 18.7. The summed E-state index contributed by atoms with van der Waals surface area (Å²) in [6.07, 6.45) is -14.4. The molecule has 3 amide bonds. The second-order valence-corrected chi connectivity index (χ2v) is 8.49. The van der Waals surface area contributed by atoms with E-state index in [2.05, 4.69) is 10.6 Å². The third-order valence-electron chi connectivity index (χ3n) is 5.96. The van der Waals surface area contributed by atoms with E-state index in [1.807, 2.05) is 0 Å². The fraction of sp³-hybridized carbons (Fsp3) is 0.375. The van der Waals surface area contributed by atoms with E-state index in [0.29, 0.717) is 22.4 Å². The Morgan fingerprint density at radius 3 is 1.97 bits per heavy atom. The van der Waals surface area contributed by atoms with Crippen molar-refractivity contribution in [2.75, 3.05) is 5.32 Å². The minimum atomic E-state index is -4.74. The van der Waals surface area contributed by atoms with Crippen LogP contribution in [0.15, 0.2) is 48.5 Å². The normalized spacial score (nSPS) is 17.2. The lowest BCUT2D eigenvalue weighted by Crippen LogP contribution is -2.45. The van der Waals surface area contributed by atoms with Gasteiger partial charge >= 0.3 is 12.4 Å². The van der Waals surface area contributed by atoms with Crippen molar-refractivity contribution in [2.45, 2.75) is 44.1 Å². The first-order valence-electron chi connectivity index (χ1n) is 11.0. The van der Waals surface area contributed by atoms with Crippen LogP contribution in [0.25, 0.3) is 11.1 Å². The number of amides is 3. The van der Waals surface area contributed by atoms with E-state index in [1.165, 1.54) is 0 Å². The van der Waals surface area contributed by atoms with Gasteiger partial charge in [0.1, 0.15) is 6.04 Å². The van der Waals surface area contributed by atoms with Crippen molar-refractivity contribution < 1.29 is 40.7 Å². The molecule has 4 N–H and O–H groups in total. The second kappa shape index (κ2) is 10.6. The number of primary amides is 1. The van der Waals surface area contributed by atoms with E-state index in [-0.39, 0.29) is 0 Å². The van der Waals surface area contributed by atoms with Crippen molar-refractivity contribution in [2.24, 2.45) is 17.6 Å². The highest BCUT2D eigenvalue weighted by Gasteiger charge is 2.41. The Labute approximate surface area is 202 Å². The molecule has 0 unspecified atom stereocenters. The predicted octanol–water partition coefficient (Wildman–Crippen LogP) is 4.87. The molecule has 0 radical (unpaired) electrons. The zero-order valence-electron chi connectivity index (χ0n) is 18.7. The lowest BCUT2D eigenvalue weighted by atomic mass is 9.83. The molecule has 194 valence electrons. The maximum absolute atomic E-state index is 13.2. The van der Waals surface area contributed by atoms with Gasteiger partial charge in [0.05, 0.1) is 0 Å². The fourth-order valence-corrected chi connectivity index (χ4v) is 4.25. The summed E-state index contributed by atoms with van der Waals surface area (Å²) in [7, 11) is 0. The number of alkyl halides is 6. The minimum absolute atomic E-state index is 0.328. The lowest BCUT2D eigenvalue weighted by molar-refractivity contribution is -0.152. The van der Waals surface area contributed by atoms with E-state index in [4.69, 9.17) is 5.73 Å². The number of anilines is 1. The number of benzene rings is 2. The molecule has 1 heterocycles. The Bertz CT molecular complexity index is 1130. The van der Waals surface area contributed by atoms with Crippen LogP contribution in [0.3, 0.4) is 0 Å². The fourth-order valence-electron chi connectivity index (χ4n) is 4.25. The van der Waals surface area contributed by atoms with Crippen molar-refractivity contribution in [1.82, 2.24) is 5.32 Å². The molecule has 0 aromatic heterocycles. The van der Waals surface area contributed by atoms with E-state index >= 15 is 0 Å². The van der Waals surface area contributed by atoms with Crippen LogP contribution in [0, 0.1) is 11.8 Å². The monoisotopic (exact) mass is 515 g/mol. The van der Waals surface area contributed by atoms with Gasteiger partial charge in [-0.15, -0.1) is 0 Å². The highest BCUT2D eigenvalue weighted by molar-refractivity contribution is 6.04. The van der Waals surface area contributed by atoms with Crippen LogP contribution in [-0.4, -0.2) is 30.1 Å². The number of halogens is 6. The van der Waals surface area contributed by atoms with Crippen molar-refractivity contribution in [3.8, 4) is 11.1 Å². The van der Waals surface area contributed by atoms with Crippen molar-refractivity contribution in [3.05, 3.63) is 54.1 Å². The number of fused-ring (bicyclic) bond motifs is 3. The predicted molar refractivity (Wildman–Crippen MR) is 118 cm³/mol. The average molecular weight is 515 g/mol. The molecule has 36 heavy (non-hydrogen) atoms. The summed E-state index contributed by atoms with van der Waals surface area (Å²) in [6, 6.07) is 11.9. The maximum Gasteiger partial charge on any atom is 0.389 e. The molecule has 1 aliphatic heterocycles. The number of para-hydroxylation sites is 1. The third-order valence-corrected chi connectivity index (χ3v) is 5.96. The van der Waals surface area contributed by atoms with Crippen molar-refractivity contribution in [1.29, 1.82) is 0 Å². The Hall–Kier alpha value is -3.57.